The number of hydrogen-bond donors (Lipinski definition) is 3. The Balaban J connectivity index is 0.000000292. The number of aromatic amines is 1. The van der Waals surface area contributed by atoms with Gasteiger partial charge in [0.15, 0.2) is 5.54 Å². The Labute approximate surface area is 229 Å². The minimum atomic E-state index is -1.58. The molecule has 39 heavy (non-hydrogen) atoms. The van der Waals surface area contributed by atoms with Crippen molar-refractivity contribution >= 4 is 44.9 Å². The molecule has 0 unspecified atom stereocenters. The third-order valence-electron chi connectivity index (χ3n) is 6.26. The molecule has 4 aromatic rings. The van der Waals surface area contributed by atoms with Gasteiger partial charge < -0.3 is 24.4 Å². The molecule has 0 radical (unpaired) electrons. The van der Waals surface area contributed by atoms with E-state index >= 15 is 0 Å². The van der Waals surface area contributed by atoms with Gasteiger partial charge >= 0.3 is 6.03 Å². The Morgan fingerprint density at radius 3 is 2.59 bits per heavy atom. The number of aromatic nitrogens is 4. The van der Waals surface area contributed by atoms with Crippen LogP contribution >= 0.6 is 15.9 Å². The largest absolute Gasteiger partial charge is 0.497 e. The fraction of sp³-hybridized carbons (Fsp3) is 0.240. The van der Waals surface area contributed by atoms with Gasteiger partial charge in [-0.05, 0) is 53.5 Å². The summed E-state index contributed by atoms with van der Waals surface area (Å²) >= 11 is 3.02. The van der Waals surface area contributed by atoms with Crippen LogP contribution in [0.15, 0.2) is 50.3 Å². The lowest BCUT2D eigenvalue weighted by Gasteiger charge is -2.28. The average molecular weight is 596 g/mol. The highest BCUT2D eigenvalue weighted by Gasteiger charge is 2.53. The van der Waals surface area contributed by atoms with E-state index in [2.05, 4.69) is 46.5 Å². The van der Waals surface area contributed by atoms with Crippen LogP contribution in [0.5, 0.6) is 5.75 Å². The Kier molecular flexibility index (Phi) is 6.64. The first kappa shape index (κ1) is 26.0. The quantitative estimate of drug-likeness (QED) is 0.298. The Hall–Kier alpha value is -4.59. The number of rotatable bonds is 4. The average Bonchev–Trinajstić information content (AvgIpc) is 3.55. The number of nitrogens with one attached hydrogen (secondary N) is 3. The van der Waals surface area contributed by atoms with E-state index < -0.39 is 17.5 Å². The van der Waals surface area contributed by atoms with Crippen LogP contribution in [0.1, 0.15) is 33.3 Å². The number of hydrogen-bond acceptors (Lipinski definition) is 9. The van der Waals surface area contributed by atoms with Crippen LogP contribution in [0.4, 0.5) is 4.79 Å². The molecule has 0 bridgehead atoms. The van der Waals surface area contributed by atoms with E-state index in [0.717, 1.165) is 5.56 Å². The highest BCUT2D eigenvalue weighted by atomic mass is 79.9. The minimum Gasteiger partial charge on any atom is -0.497 e. The maximum atomic E-state index is 13.0. The number of carbonyl (C=O) groups excluding carboxylic acids is 3. The lowest BCUT2D eigenvalue weighted by Crippen LogP contribution is -2.52. The van der Waals surface area contributed by atoms with E-state index in [0.29, 0.717) is 45.1 Å². The molecular weight excluding hydrogens is 574 g/mol. The summed E-state index contributed by atoms with van der Waals surface area (Å²) in [6.07, 6.45) is 3.06. The number of urea groups is 1. The minimum absolute atomic E-state index is 0.105. The van der Waals surface area contributed by atoms with Crippen LogP contribution < -0.4 is 20.9 Å². The lowest BCUT2D eigenvalue weighted by atomic mass is 9.95. The molecule has 2 aliphatic rings. The molecule has 0 saturated carbocycles. The zero-order valence-corrected chi connectivity index (χ0v) is 22.6. The molecule has 1 fully saturated rings. The van der Waals surface area contributed by atoms with Crippen molar-refractivity contribution in [2.24, 2.45) is 0 Å². The van der Waals surface area contributed by atoms with E-state index in [9.17, 15) is 19.2 Å². The van der Waals surface area contributed by atoms with Gasteiger partial charge in [0.05, 0.1) is 19.0 Å². The first-order valence-corrected chi connectivity index (χ1v) is 12.4. The number of nitrogens with zero attached hydrogens (tertiary/aromatic N) is 4. The molecule has 13 nitrogen and oxygen atoms in total. The second kappa shape index (κ2) is 9.94. The summed E-state index contributed by atoms with van der Waals surface area (Å²) in [5.74, 6) is 1.03. The molecule has 0 spiro atoms. The predicted molar refractivity (Wildman–Crippen MR) is 140 cm³/mol. The van der Waals surface area contributed by atoms with Gasteiger partial charge in [-0.25, -0.2) is 14.8 Å². The topological polar surface area (TPSA) is 172 Å². The zero-order valence-electron chi connectivity index (χ0n) is 21.0. The van der Waals surface area contributed by atoms with Gasteiger partial charge in [-0.3, -0.25) is 19.7 Å². The van der Waals surface area contributed by atoms with E-state index in [1.807, 2.05) is 6.07 Å². The molecule has 1 saturated heterocycles. The van der Waals surface area contributed by atoms with Gasteiger partial charge in [0.2, 0.25) is 5.71 Å². The van der Waals surface area contributed by atoms with Crippen LogP contribution in [0.3, 0.4) is 0 Å². The summed E-state index contributed by atoms with van der Waals surface area (Å²) in [6.45, 7) is 3.64. The number of halogens is 1. The Morgan fingerprint density at radius 2 is 1.92 bits per heavy atom. The normalized spacial score (nSPS) is 17.9. The van der Waals surface area contributed by atoms with Crippen molar-refractivity contribution in [3.8, 4) is 5.75 Å². The molecule has 6 rings (SSSR count). The molecule has 1 aromatic carbocycles. The van der Waals surface area contributed by atoms with E-state index in [4.69, 9.17) is 9.15 Å². The molecule has 5 heterocycles. The van der Waals surface area contributed by atoms with E-state index in [1.54, 1.807) is 38.2 Å². The summed E-state index contributed by atoms with van der Waals surface area (Å²) in [5.41, 5.74) is -0.103. The fourth-order valence-corrected chi connectivity index (χ4v) is 4.53. The molecule has 0 aliphatic carbocycles. The lowest BCUT2D eigenvalue weighted by molar-refractivity contribution is -0.125. The third-order valence-corrected chi connectivity index (χ3v) is 6.83. The number of aryl methyl sites for hydroxylation is 2. The van der Waals surface area contributed by atoms with Crippen LogP contribution in [0, 0.1) is 13.8 Å². The second-order valence-electron chi connectivity index (χ2n) is 8.93. The number of H-pyrrole nitrogens is 1. The van der Waals surface area contributed by atoms with Crippen molar-refractivity contribution in [2.75, 3.05) is 13.7 Å². The monoisotopic (exact) mass is 595 g/mol. The number of ether oxygens (including phenoxy) is 1. The van der Waals surface area contributed by atoms with Gasteiger partial charge in [0.1, 0.15) is 27.6 Å². The molecule has 200 valence electrons. The fourth-order valence-electron chi connectivity index (χ4n) is 4.33. The Bertz CT molecular complexity index is 1700. The number of benzene rings is 1. The zero-order chi connectivity index (χ0) is 27.9. The smallest absolute Gasteiger partial charge is 0.322 e. The number of methoxy groups -OCH3 is 1. The molecule has 14 heteroatoms. The van der Waals surface area contributed by atoms with Crippen LogP contribution in [0.2, 0.25) is 0 Å². The molecule has 3 N–H and O–H groups in total. The van der Waals surface area contributed by atoms with E-state index in [1.165, 1.54) is 18.2 Å². The van der Waals surface area contributed by atoms with Gasteiger partial charge in [-0.15, -0.1) is 0 Å². The first-order chi connectivity index (χ1) is 18.6. The van der Waals surface area contributed by atoms with Crippen molar-refractivity contribution in [1.82, 2.24) is 35.5 Å². The summed E-state index contributed by atoms with van der Waals surface area (Å²) in [4.78, 5) is 64.8. The standard InChI is InChI=1S/C20H17N5O5.C5H5BrN2O/c1-10-21-7-12-5-15(30-16(12)22-10)20(18(27)23-19(28)24-20)9-25-8-11-3-4-13(29-2)6-14(11)17(25)26;1-3-7-2-4(6)5(9)8-3/h3-7H,8-9H2,1-2H3,(H2,23,24,27,28);2H,1H3,(H,7,8,9)/t20-;/m0./s1. The third kappa shape index (κ3) is 4.85. The Morgan fingerprint density at radius 1 is 1.13 bits per heavy atom. The van der Waals surface area contributed by atoms with Gasteiger partial charge in [-0.1, -0.05) is 6.07 Å². The molecular formula is C25H22BrN7O6. The SMILES string of the molecule is COc1ccc2c(c1)C(=O)N(C[C@@]1(c3cc4cnc(C)nc4o3)NC(=O)NC1=O)C2.Cc1ncc(Br)c(=O)[nH]1. The van der Waals surface area contributed by atoms with Gasteiger partial charge in [0, 0.05) is 24.5 Å². The summed E-state index contributed by atoms with van der Waals surface area (Å²) < 4.78 is 11.5. The van der Waals surface area contributed by atoms with E-state index in [-0.39, 0.29) is 23.8 Å². The molecule has 1 atom stereocenters. The van der Waals surface area contributed by atoms with Crippen LogP contribution in [-0.2, 0) is 16.9 Å². The number of fused-ring (bicyclic) bond motifs is 2. The molecule has 2 aliphatic heterocycles. The van der Waals surface area contributed by atoms with Crippen LogP contribution in [-0.4, -0.2) is 56.3 Å². The highest BCUT2D eigenvalue weighted by molar-refractivity contribution is 9.10. The van der Waals surface area contributed by atoms with Crippen molar-refractivity contribution < 1.29 is 23.5 Å². The molecule has 3 aromatic heterocycles. The van der Waals surface area contributed by atoms with Crippen molar-refractivity contribution in [1.29, 1.82) is 0 Å². The number of imide groups is 1. The number of furan rings is 1. The van der Waals surface area contributed by atoms with Gasteiger partial charge in [-0.2, -0.15) is 4.98 Å². The second-order valence-corrected chi connectivity index (χ2v) is 9.79. The maximum Gasteiger partial charge on any atom is 0.322 e. The van der Waals surface area contributed by atoms with Gasteiger partial charge in [0.25, 0.3) is 17.4 Å². The first-order valence-electron chi connectivity index (χ1n) is 11.6. The van der Waals surface area contributed by atoms with Crippen molar-refractivity contribution in [2.45, 2.75) is 25.9 Å². The van der Waals surface area contributed by atoms with Crippen molar-refractivity contribution in [3.63, 3.8) is 0 Å². The predicted octanol–water partition coefficient (Wildman–Crippen LogP) is 2.07. The number of carbonyl (C=O) groups is 3. The van der Waals surface area contributed by atoms with Crippen LogP contribution in [0.25, 0.3) is 11.1 Å². The summed E-state index contributed by atoms with van der Waals surface area (Å²) in [7, 11) is 1.53. The maximum absolute atomic E-state index is 13.0. The molecule has 4 amide bonds. The summed E-state index contributed by atoms with van der Waals surface area (Å²) in [6, 6.07) is 6.20. The highest BCUT2D eigenvalue weighted by Crippen LogP contribution is 2.34. The van der Waals surface area contributed by atoms with Crippen molar-refractivity contribution in [3.05, 3.63) is 80.0 Å². The summed E-state index contributed by atoms with van der Waals surface area (Å²) in [5, 5.41) is 5.48. The number of amides is 4.